The Kier molecular flexibility index (Phi) is 5.57. The maximum Gasteiger partial charge on any atom is 0.311 e. The highest BCUT2D eigenvalue weighted by Gasteiger charge is 2.45. The second kappa shape index (κ2) is 6.57. The summed E-state index contributed by atoms with van der Waals surface area (Å²) >= 11 is 0. The minimum Gasteiger partial charge on any atom is -0.481 e. The van der Waals surface area contributed by atoms with Crippen molar-refractivity contribution in [2.75, 3.05) is 20.2 Å². The van der Waals surface area contributed by atoms with E-state index >= 15 is 0 Å². The van der Waals surface area contributed by atoms with Crippen LogP contribution in [-0.2, 0) is 14.3 Å². The van der Waals surface area contributed by atoms with E-state index in [9.17, 15) is 14.7 Å². The van der Waals surface area contributed by atoms with E-state index in [0.717, 1.165) is 12.8 Å². The molecule has 1 saturated heterocycles. The highest BCUT2D eigenvalue weighted by atomic mass is 16.5. The maximum absolute atomic E-state index is 12.6. The lowest BCUT2D eigenvalue weighted by molar-refractivity contribution is -0.163. The van der Waals surface area contributed by atoms with Crippen molar-refractivity contribution in [3.05, 3.63) is 0 Å². The third-order valence-electron chi connectivity index (χ3n) is 4.62. The van der Waals surface area contributed by atoms with Gasteiger partial charge in [0.15, 0.2) is 0 Å². The number of carbonyl (C=O) groups is 2. The fourth-order valence-electron chi connectivity index (χ4n) is 2.99. The van der Waals surface area contributed by atoms with Crippen LogP contribution < -0.4 is 0 Å². The smallest absolute Gasteiger partial charge is 0.311 e. The van der Waals surface area contributed by atoms with Crippen LogP contribution >= 0.6 is 0 Å². The summed E-state index contributed by atoms with van der Waals surface area (Å²) in [7, 11) is 1.53. The molecule has 2 unspecified atom stereocenters. The van der Waals surface area contributed by atoms with Gasteiger partial charge in [-0.2, -0.15) is 0 Å². The molecule has 1 aliphatic rings. The summed E-state index contributed by atoms with van der Waals surface area (Å²) < 4.78 is 5.35. The quantitative estimate of drug-likeness (QED) is 0.813. The zero-order valence-electron chi connectivity index (χ0n) is 13.1. The molecule has 5 nitrogen and oxygen atoms in total. The lowest BCUT2D eigenvalue weighted by Gasteiger charge is -2.42. The van der Waals surface area contributed by atoms with Crippen molar-refractivity contribution in [1.29, 1.82) is 0 Å². The Bertz CT molecular complexity index is 361. The largest absolute Gasteiger partial charge is 0.481 e. The summed E-state index contributed by atoms with van der Waals surface area (Å²) in [6, 6.07) is 0. The topological polar surface area (TPSA) is 66.8 Å². The van der Waals surface area contributed by atoms with Gasteiger partial charge in [0.1, 0.15) is 5.60 Å². The molecule has 2 atom stereocenters. The predicted octanol–water partition coefficient (Wildman–Crippen LogP) is 2.30. The molecule has 116 valence electrons. The van der Waals surface area contributed by atoms with Gasteiger partial charge >= 0.3 is 5.97 Å². The van der Waals surface area contributed by atoms with Crippen molar-refractivity contribution in [2.24, 2.45) is 5.41 Å². The number of aliphatic carboxylic acids is 1. The van der Waals surface area contributed by atoms with Crippen LogP contribution in [0.5, 0.6) is 0 Å². The first-order valence-corrected chi connectivity index (χ1v) is 7.43. The fraction of sp³-hybridized carbons (Fsp3) is 0.867. The van der Waals surface area contributed by atoms with Gasteiger partial charge < -0.3 is 14.7 Å². The number of ether oxygens (including phenoxy) is 1. The molecule has 0 aromatic carbocycles. The van der Waals surface area contributed by atoms with Crippen LogP contribution in [0.15, 0.2) is 0 Å². The van der Waals surface area contributed by atoms with Crippen molar-refractivity contribution >= 4 is 11.9 Å². The standard InChI is InChI=1S/C15H27NO4/c1-5-8-15(13(18)19)9-7-10-16(11-15)12(17)14(3,6-2)20-4/h5-11H2,1-4H3,(H,18,19). The van der Waals surface area contributed by atoms with E-state index in [1.165, 1.54) is 7.11 Å². The highest BCUT2D eigenvalue weighted by molar-refractivity contribution is 5.86. The fourth-order valence-corrected chi connectivity index (χ4v) is 2.99. The molecule has 1 aliphatic heterocycles. The summed E-state index contributed by atoms with van der Waals surface area (Å²) in [4.78, 5) is 25.9. The Morgan fingerprint density at radius 1 is 1.40 bits per heavy atom. The van der Waals surface area contributed by atoms with Crippen molar-refractivity contribution in [3.63, 3.8) is 0 Å². The van der Waals surface area contributed by atoms with Gasteiger partial charge in [0.05, 0.1) is 5.41 Å². The van der Waals surface area contributed by atoms with Gasteiger partial charge in [-0.05, 0) is 32.6 Å². The van der Waals surface area contributed by atoms with E-state index in [-0.39, 0.29) is 5.91 Å². The number of carboxylic acid groups (broad SMARTS) is 1. The predicted molar refractivity (Wildman–Crippen MR) is 76.5 cm³/mol. The van der Waals surface area contributed by atoms with Crippen molar-refractivity contribution in [3.8, 4) is 0 Å². The average Bonchev–Trinajstić information content (AvgIpc) is 2.46. The van der Waals surface area contributed by atoms with Crippen LogP contribution in [0, 0.1) is 5.41 Å². The normalized spacial score (nSPS) is 26.1. The number of methoxy groups -OCH3 is 1. The molecule has 1 rings (SSSR count). The minimum absolute atomic E-state index is 0.0936. The number of amides is 1. The molecule has 0 aromatic heterocycles. The van der Waals surface area contributed by atoms with Gasteiger partial charge in [0.2, 0.25) is 0 Å². The minimum atomic E-state index is -0.853. The molecule has 1 fully saturated rings. The molecular weight excluding hydrogens is 258 g/mol. The second-order valence-electron chi connectivity index (χ2n) is 5.95. The highest BCUT2D eigenvalue weighted by Crippen LogP contribution is 2.36. The number of piperidine rings is 1. The third-order valence-corrected chi connectivity index (χ3v) is 4.62. The molecule has 0 aliphatic carbocycles. The van der Waals surface area contributed by atoms with E-state index in [1.54, 1.807) is 11.8 Å². The summed E-state index contributed by atoms with van der Waals surface area (Å²) in [5, 5.41) is 9.57. The second-order valence-corrected chi connectivity index (χ2v) is 5.95. The lowest BCUT2D eigenvalue weighted by atomic mass is 9.76. The van der Waals surface area contributed by atoms with Gasteiger partial charge in [-0.25, -0.2) is 0 Å². The number of hydrogen-bond donors (Lipinski definition) is 1. The van der Waals surface area contributed by atoms with Crippen LogP contribution in [0.1, 0.15) is 52.9 Å². The molecular formula is C15H27NO4. The van der Waals surface area contributed by atoms with Crippen LogP contribution in [0.4, 0.5) is 0 Å². The summed E-state index contributed by atoms with van der Waals surface area (Å²) in [5.41, 5.74) is -1.64. The first-order chi connectivity index (χ1) is 9.35. The molecule has 0 bridgehead atoms. The van der Waals surface area contributed by atoms with Crippen molar-refractivity contribution in [1.82, 2.24) is 4.90 Å². The monoisotopic (exact) mass is 285 g/mol. The zero-order chi connectivity index (χ0) is 15.4. The Morgan fingerprint density at radius 2 is 2.05 bits per heavy atom. The molecule has 20 heavy (non-hydrogen) atoms. The Balaban J connectivity index is 2.93. The van der Waals surface area contributed by atoms with Gasteiger partial charge in [0.25, 0.3) is 5.91 Å². The van der Waals surface area contributed by atoms with E-state index in [1.807, 2.05) is 13.8 Å². The number of nitrogens with zero attached hydrogens (tertiary/aromatic N) is 1. The average molecular weight is 285 g/mol. The Labute approximate surface area is 121 Å². The molecule has 1 amide bonds. The van der Waals surface area contributed by atoms with Crippen molar-refractivity contribution in [2.45, 2.75) is 58.5 Å². The SMILES string of the molecule is CCCC1(C(=O)O)CCCN(C(=O)C(C)(CC)OC)C1. The number of likely N-dealkylation sites (tertiary alicyclic amines) is 1. The summed E-state index contributed by atoms with van der Waals surface area (Å²) in [6.07, 6.45) is 3.38. The van der Waals surface area contributed by atoms with Crippen LogP contribution in [0.3, 0.4) is 0 Å². The van der Waals surface area contributed by atoms with Gasteiger partial charge in [-0.1, -0.05) is 20.3 Å². The summed E-state index contributed by atoms with van der Waals surface area (Å²) in [6.45, 7) is 6.58. The number of rotatable bonds is 6. The summed E-state index contributed by atoms with van der Waals surface area (Å²) in [5.74, 6) is -0.878. The van der Waals surface area contributed by atoms with Gasteiger partial charge in [-0.3, -0.25) is 9.59 Å². The Morgan fingerprint density at radius 3 is 2.50 bits per heavy atom. The van der Waals surface area contributed by atoms with Crippen LogP contribution in [-0.4, -0.2) is 47.7 Å². The van der Waals surface area contributed by atoms with E-state index in [2.05, 4.69) is 0 Å². The first-order valence-electron chi connectivity index (χ1n) is 7.43. The van der Waals surface area contributed by atoms with Crippen molar-refractivity contribution < 1.29 is 19.4 Å². The number of carboxylic acids is 1. The first kappa shape index (κ1) is 17.0. The van der Waals surface area contributed by atoms with Gasteiger partial charge in [0, 0.05) is 20.2 Å². The molecule has 0 aromatic rings. The number of hydrogen-bond acceptors (Lipinski definition) is 3. The van der Waals surface area contributed by atoms with Crippen LogP contribution in [0.2, 0.25) is 0 Å². The Hall–Kier alpha value is -1.10. The number of carbonyl (C=O) groups excluding carboxylic acids is 1. The molecule has 5 heteroatoms. The molecule has 0 saturated carbocycles. The lowest BCUT2D eigenvalue weighted by Crippen LogP contribution is -2.55. The van der Waals surface area contributed by atoms with E-state index in [0.29, 0.717) is 32.4 Å². The molecule has 0 radical (unpaired) electrons. The molecule has 1 N–H and O–H groups in total. The zero-order valence-corrected chi connectivity index (χ0v) is 13.1. The molecule has 1 heterocycles. The molecule has 0 spiro atoms. The van der Waals surface area contributed by atoms with E-state index < -0.39 is 17.0 Å². The third kappa shape index (κ3) is 3.14. The van der Waals surface area contributed by atoms with Gasteiger partial charge in [-0.15, -0.1) is 0 Å². The maximum atomic E-state index is 12.6. The van der Waals surface area contributed by atoms with Crippen LogP contribution in [0.25, 0.3) is 0 Å². The van der Waals surface area contributed by atoms with E-state index in [4.69, 9.17) is 4.74 Å².